The van der Waals surface area contributed by atoms with Gasteiger partial charge in [-0.3, -0.25) is 9.78 Å². The minimum absolute atomic E-state index is 0.134. The standard InChI is InChI=1S/C23H22ClN5O.C2HF3O2/c24-16-2-4-20-15(10-16)11-17(28-20)12-27-21-6-8-29(23(21)30)13-14-1-3-18-19(25)5-7-26-22(18)9-14;3-2(4,5)1(6)7/h1-5,7,9-11,21,27-28H,6,8,12-13H2,(H2,25,26);(H,6,7)/t21-;/m0./s1. The molecule has 4 aromatic rings. The van der Waals surface area contributed by atoms with Crippen LogP contribution in [0.4, 0.5) is 18.9 Å². The van der Waals surface area contributed by atoms with Crippen LogP contribution in [0.5, 0.6) is 0 Å². The highest BCUT2D eigenvalue weighted by Gasteiger charge is 2.38. The molecule has 5 N–H and O–H groups in total. The Kier molecular flexibility index (Phi) is 7.55. The summed E-state index contributed by atoms with van der Waals surface area (Å²) in [7, 11) is 0. The predicted octanol–water partition coefficient (Wildman–Crippen LogP) is 4.48. The van der Waals surface area contributed by atoms with E-state index in [9.17, 15) is 18.0 Å². The first-order chi connectivity index (χ1) is 17.5. The average Bonchev–Trinajstić information content (AvgIpc) is 3.40. The Morgan fingerprint density at radius 2 is 1.97 bits per heavy atom. The maximum atomic E-state index is 12.9. The molecular formula is C25H23ClF3N5O3. The van der Waals surface area contributed by atoms with Crippen LogP contribution in [-0.4, -0.2) is 50.6 Å². The van der Waals surface area contributed by atoms with Gasteiger partial charge in [0, 0.05) is 58.5 Å². The van der Waals surface area contributed by atoms with Gasteiger partial charge in [-0.2, -0.15) is 13.2 Å². The zero-order valence-electron chi connectivity index (χ0n) is 19.3. The number of nitrogens with one attached hydrogen (secondary N) is 2. The number of aromatic amines is 1. The Morgan fingerprint density at radius 3 is 2.70 bits per heavy atom. The van der Waals surface area contributed by atoms with Crippen molar-refractivity contribution in [1.29, 1.82) is 0 Å². The van der Waals surface area contributed by atoms with Crippen molar-refractivity contribution in [1.82, 2.24) is 20.2 Å². The third kappa shape index (κ3) is 6.30. The molecule has 5 rings (SSSR count). The normalized spacial score (nSPS) is 15.7. The summed E-state index contributed by atoms with van der Waals surface area (Å²) in [6, 6.07) is 15.5. The van der Waals surface area contributed by atoms with Crippen molar-refractivity contribution >= 4 is 51.0 Å². The number of nitrogens with two attached hydrogens (primary N) is 1. The molecule has 0 aliphatic carbocycles. The smallest absolute Gasteiger partial charge is 0.475 e. The fraction of sp³-hybridized carbons (Fsp3) is 0.240. The quantitative estimate of drug-likeness (QED) is 0.300. The molecule has 1 atom stereocenters. The SMILES string of the molecule is Nc1ccnc2cc(CN3CC[C@H](NCc4cc5cc(Cl)ccc5[nH]4)C3=O)ccc12.O=C(O)C(F)(F)F. The number of carbonyl (C=O) groups excluding carboxylic acids is 1. The summed E-state index contributed by atoms with van der Waals surface area (Å²) in [6.45, 7) is 1.92. The molecule has 0 radical (unpaired) electrons. The number of anilines is 1. The van der Waals surface area contributed by atoms with Crippen LogP contribution in [0.25, 0.3) is 21.8 Å². The highest BCUT2D eigenvalue weighted by Crippen LogP contribution is 2.23. The summed E-state index contributed by atoms with van der Waals surface area (Å²) in [4.78, 5) is 31.4. The Morgan fingerprint density at radius 1 is 1.22 bits per heavy atom. The van der Waals surface area contributed by atoms with Crippen LogP contribution >= 0.6 is 11.6 Å². The lowest BCUT2D eigenvalue weighted by Gasteiger charge is -2.17. The number of halogens is 4. The lowest BCUT2D eigenvalue weighted by molar-refractivity contribution is -0.192. The van der Waals surface area contributed by atoms with Crippen molar-refractivity contribution < 1.29 is 27.9 Å². The number of carboxylic acids is 1. The second kappa shape index (κ2) is 10.7. The second-order valence-electron chi connectivity index (χ2n) is 8.56. The third-order valence-corrected chi connectivity index (χ3v) is 6.17. The number of benzene rings is 2. The lowest BCUT2D eigenvalue weighted by Crippen LogP contribution is -2.37. The van der Waals surface area contributed by atoms with Crippen LogP contribution in [0, 0.1) is 0 Å². The van der Waals surface area contributed by atoms with Gasteiger partial charge in [-0.05, 0) is 48.4 Å². The first-order valence-electron chi connectivity index (χ1n) is 11.2. The molecule has 12 heteroatoms. The van der Waals surface area contributed by atoms with Gasteiger partial charge in [0.25, 0.3) is 0 Å². The van der Waals surface area contributed by atoms with E-state index in [-0.39, 0.29) is 11.9 Å². The molecule has 37 heavy (non-hydrogen) atoms. The minimum Gasteiger partial charge on any atom is -0.475 e. The van der Waals surface area contributed by atoms with Crippen LogP contribution in [-0.2, 0) is 22.7 Å². The molecule has 2 aromatic heterocycles. The molecule has 2 aromatic carbocycles. The van der Waals surface area contributed by atoms with Crippen molar-refractivity contribution in [2.45, 2.75) is 31.7 Å². The number of nitrogens with zero attached hydrogens (tertiary/aromatic N) is 2. The van der Waals surface area contributed by atoms with E-state index in [1.165, 1.54) is 0 Å². The van der Waals surface area contributed by atoms with Gasteiger partial charge in [-0.15, -0.1) is 0 Å². The molecule has 0 unspecified atom stereocenters. The molecule has 1 aliphatic rings. The Balaban J connectivity index is 0.000000405. The molecule has 1 aliphatic heterocycles. The molecule has 3 heterocycles. The van der Waals surface area contributed by atoms with Crippen LogP contribution in [0.2, 0.25) is 5.02 Å². The summed E-state index contributed by atoms with van der Waals surface area (Å²) in [5.41, 5.74) is 10.7. The summed E-state index contributed by atoms with van der Waals surface area (Å²) in [5, 5.41) is 13.2. The first-order valence-corrected chi connectivity index (χ1v) is 11.6. The molecule has 0 saturated carbocycles. The van der Waals surface area contributed by atoms with Gasteiger partial charge in [0.15, 0.2) is 0 Å². The van der Waals surface area contributed by atoms with Gasteiger partial charge in [0.05, 0.1) is 11.6 Å². The van der Waals surface area contributed by atoms with Gasteiger partial charge < -0.3 is 26.0 Å². The first kappa shape index (κ1) is 26.2. The van der Waals surface area contributed by atoms with E-state index >= 15 is 0 Å². The summed E-state index contributed by atoms with van der Waals surface area (Å²) in [6.07, 6.45) is -2.58. The maximum absolute atomic E-state index is 12.9. The zero-order valence-corrected chi connectivity index (χ0v) is 20.1. The molecule has 1 saturated heterocycles. The zero-order chi connectivity index (χ0) is 26.7. The fourth-order valence-corrected chi connectivity index (χ4v) is 4.29. The Hall–Kier alpha value is -3.83. The van der Waals surface area contributed by atoms with E-state index in [1.54, 1.807) is 12.3 Å². The van der Waals surface area contributed by atoms with Crippen molar-refractivity contribution in [3.63, 3.8) is 0 Å². The molecule has 1 amide bonds. The highest BCUT2D eigenvalue weighted by molar-refractivity contribution is 6.31. The third-order valence-electron chi connectivity index (χ3n) is 5.93. The van der Waals surface area contributed by atoms with Crippen LogP contribution in [0.15, 0.2) is 54.7 Å². The van der Waals surface area contributed by atoms with Gasteiger partial charge in [-0.1, -0.05) is 23.7 Å². The van der Waals surface area contributed by atoms with Gasteiger partial charge >= 0.3 is 12.1 Å². The number of rotatable bonds is 5. The number of aliphatic carboxylic acids is 1. The number of nitrogen functional groups attached to an aromatic ring is 1. The number of pyridine rings is 1. The Labute approximate surface area is 214 Å². The topological polar surface area (TPSA) is 124 Å². The van der Waals surface area contributed by atoms with Gasteiger partial charge in [0.2, 0.25) is 5.91 Å². The minimum atomic E-state index is -5.08. The number of H-pyrrole nitrogens is 1. The monoisotopic (exact) mass is 533 g/mol. The van der Waals surface area contributed by atoms with E-state index in [0.29, 0.717) is 23.8 Å². The lowest BCUT2D eigenvalue weighted by atomic mass is 10.1. The van der Waals surface area contributed by atoms with Crippen molar-refractivity contribution in [2.75, 3.05) is 12.3 Å². The second-order valence-corrected chi connectivity index (χ2v) is 9.00. The molecule has 194 valence electrons. The number of carboxylic acid groups (broad SMARTS) is 1. The summed E-state index contributed by atoms with van der Waals surface area (Å²) < 4.78 is 31.7. The van der Waals surface area contributed by atoms with E-state index < -0.39 is 12.1 Å². The molecule has 8 nitrogen and oxygen atoms in total. The van der Waals surface area contributed by atoms with Gasteiger partial charge in [0.1, 0.15) is 0 Å². The Bertz CT molecular complexity index is 1460. The summed E-state index contributed by atoms with van der Waals surface area (Å²) >= 11 is 6.06. The maximum Gasteiger partial charge on any atom is 0.490 e. The number of hydrogen-bond acceptors (Lipinski definition) is 5. The van der Waals surface area contributed by atoms with Crippen molar-refractivity contribution in [3.8, 4) is 0 Å². The summed E-state index contributed by atoms with van der Waals surface area (Å²) in [5.74, 6) is -2.62. The number of carbonyl (C=O) groups is 2. The predicted molar refractivity (Wildman–Crippen MR) is 134 cm³/mol. The average molecular weight is 534 g/mol. The van der Waals surface area contributed by atoms with Gasteiger partial charge in [-0.25, -0.2) is 4.79 Å². The van der Waals surface area contributed by atoms with E-state index in [2.05, 4.69) is 21.4 Å². The fourth-order valence-electron chi connectivity index (χ4n) is 4.11. The number of likely N-dealkylation sites (tertiary alicyclic amines) is 1. The molecular weight excluding hydrogens is 511 g/mol. The van der Waals surface area contributed by atoms with Crippen LogP contribution in [0.1, 0.15) is 17.7 Å². The van der Waals surface area contributed by atoms with Crippen molar-refractivity contribution in [2.24, 2.45) is 0 Å². The van der Waals surface area contributed by atoms with E-state index in [0.717, 1.165) is 46.0 Å². The number of hydrogen-bond donors (Lipinski definition) is 4. The van der Waals surface area contributed by atoms with E-state index in [4.69, 9.17) is 27.2 Å². The van der Waals surface area contributed by atoms with Crippen molar-refractivity contribution in [3.05, 3.63) is 71.0 Å². The highest BCUT2D eigenvalue weighted by atomic mass is 35.5. The van der Waals surface area contributed by atoms with Crippen LogP contribution < -0.4 is 11.1 Å². The number of alkyl halides is 3. The number of aromatic nitrogens is 2. The largest absolute Gasteiger partial charge is 0.490 e. The number of fused-ring (bicyclic) bond motifs is 2. The van der Waals surface area contributed by atoms with E-state index in [1.807, 2.05) is 41.3 Å². The molecule has 0 spiro atoms. The molecule has 0 bridgehead atoms. The van der Waals surface area contributed by atoms with Crippen LogP contribution in [0.3, 0.4) is 0 Å². The molecule has 1 fully saturated rings. The number of amides is 1.